The number of carbonyl (C=O) groups excluding carboxylic acids is 2. The Morgan fingerprint density at radius 2 is 1.78 bits per heavy atom. The van der Waals surface area contributed by atoms with Crippen LogP contribution < -0.4 is 5.32 Å². The number of carbonyl (C=O) groups is 2. The molecule has 1 heterocycles. The van der Waals surface area contributed by atoms with E-state index in [-0.39, 0.29) is 11.8 Å². The van der Waals surface area contributed by atoms with Crippen molar-refractivity contribution in [3.05, 3.63) is 34.3 Å². The second-order valence-electron chi connectivity index (χ2n) is 5.74. The van der Waals surface area contributed by atoms with Crippen LogP contribution in [-0.2, 0) is 4.79 Å². The van der Waals surface area contributed by atoms with Gasteiger partial charge in [-0.2, -0.15) is 0 Å². The van der Waals surface area contributed by atoms with Gasteiger partial charge < -0.3 is 10.2 Å². The molecule has 0 radical (unpaired) electrons. The molecule has 1 N–H and O–H groups in total. The molecular weight excluding hydrogens is 358 g/mol. The second-order valence-corrected chi connectivity index (χ2v) is 6.65. The van der Waals surface area contributed by atoms with Gasteiger partial charge in [-0.1, -0.05) is 22.9 Å². The molecule has 1 aliphatic rings. The van der Waals surface area contributed by atoms with Gasteiger partial charge in [0.15, 0.2) is 0 Å². The molecule has 126 valence electrons. The van der Waals surface area contributed by atoms with Crippen LogP contribution in [-0.4, -0.2) is 60.9 Å². The lowest BCUT2D eigenvalue weighted by Crippen LogP contribution is -2.49. The number of nitrogens with zero attached hydrogens (tertiary/aromatic N) is 2. The molecule has 5 nitrogen and oxygen atoms in total. The number of piperazine rings is 1. The van der Waals surface area contributed by atoms with Gasteiger partial charge in [0.2, 0.25) is 5.91 Å². The summed E-state index contributed by atoms with van der Waals surface area (Å²) in [7, 11) is 0. The lowest BCUT2D eigenvalue weighted by Gasteiger charge is -2.34. The summed E-state index contributed by atoms with van der Waals surface area (Å²) < 4.78 is 0.937. The van der Waals surface area contributed by atoms with Crippen LogP contribution in [0.2, 0.25) is 0 Å². The van der Waals surface area contributed by atoms with E-state index in [2.05, 4.69) is 33.1 Å². The van der Waals surface area contributed by atoms with Crippen molar-refractivity contribution in [3.8, 4) is 0 Å². The number of hydrogen-bond acceptors (Lipinski definition) is 3. The zero-order valence-electron chi connectivity index (χ0n) is 13.6. The highest BCUT2D eigenvalue weighted by molar-refractivity contribution is 9.10. The van der Waals surface area contributed by atoms with E-state index >= 15 is 0 Å². The Morgan fingerprint density at radius 1 is 1.13 bits per heavy atom. The van der Waals surface area contributed by atoms with Gasteiger partial charge in [-0.25, -0.2) is 0 Å². The minimum atomic E-state index is -0.141. The minimum Gasteiger partial charge on any atom is -0.352 e. The van der Waals surface area contributed by atoms with Gasteiger partial charge in [0.25, 0.3) is 5.91 Å². The molecule has 0 unspecified atom stereocenters. The van der Waals surface area contributed by atoms with Crippen molar-refractivity contribution in [1.29, 1.82) is 0 Å². The third-order valence-electron chi connectivity index (χ3n) is 4.00. The average Bonchev–Trinajstić information content (AvgIpc) is 2.56. The fraction of sp³-hybridized carbons (Fsp3) is 0.529. The fourth-order valence-corrected chi connectivity index (χ4v) is 2.95. The number of hydrogen-bond donors (Lipinski definition) is 1. The van der Waals surface area contributed by atoms with Gasteiger partial charge in [-0.05, 0) is 37.2 Å². The van der Waals surface area contributed by atoms with Crippen LogP contribution in [0.5, 0.6) is 0 Å². The van der Waals surface area contributed by atoms with E-state index in [1.807, 2.05) is 17.0 Å². The maximum absolute atomic E-state index is 12.2. The van der Waals surface area contributed by atoms with Gasteiger partial charge in [0.05, 0.1) is 0 Å². The predicted molar refractivity (Wildman–Crippen MR) is 94.4 cm³/mol. The number of benzene rings is 1. The Morgan fingerprint density at radius 3 is 2.39 bits per heavy atom. The Bertz CT molecular complexity index is 525. The summed E-state index contributed by atoms with van der Waals surface area (Å²) in [5, 5.41) is 2.81. The zero-order chi connectivity index (χ0) is 16.7. The van der Waals surface area contributed by atoms with Crippen molar-refractivity contribution in [3.63, 3.8) is 0 Å². The summed E-state index contributed by atoms with van der Waals surface area (Å²) >= 11 is 3.34. The van der Waals surface area contributed by atoms with E-state index in [1.165, 1.54) is 0 Å². The van der Waals surface area contributed by atoms with Crippen molar-refractivity contribution in [2.24, 2.45) is 0 Å². The zero-order valence-corrected chi connectivity index (χ0v) is 15.1. The molecule has 0 spiro atoms. The SMILES string of the molecule is CCCN1CCN(C(=O)CCNC(=O)c2ccc(Br)cc2)CC1. The van der Waals surface area contributed by atoms with Crippen LogP contribution in [0.1, 0.15) is 30.1 Å². The molecule has 1 aromatic carbocycles. The molecule has 0 atom stereocenters. The monoisotopic (exact) mass is 381 g/mol. The van der Waals surface area contributed by atoms with Gasteiger partial charge in [0.1, 0.15) is 0 Å². The molecule has 0 aromatic heterocycles. The molecule has 1 fully saturated rings. The topological polar surface area (TPSA) is 52.6 Å². The maximum Gasteiger partial charge on any atom is 0.251 e. The molecule has 0 bridgehead atoms. The lowest BCUT2D eigenvalue weighted by atomic mass is 10.2. The lowest BCUT2D eigenvalue weighted by molar-refractivity contribution is -0.132. The minimum absolute atomic E-state index is 0.122. The third kappa shape index (κ3) is 5.62. The van der Waals surface area contributed by atoms with E-state index in [9.17, 15) is 9.59 Å². The first-order chi connectivity index (χ1) is 11.1. The first-order valence-electron chi connectivity index (χ1n) is 8.14. The van der Waals surface area contributed by atoms with Crippen LogP contribution in [0.3, 0.4) is 0 Å². The second kappa shape index (κ2) is 9.03. The normalized spacial score (nSPS) is 15.5. The molecule has 2 rings (SSSR count). The van der Waals surface area contributed by atoms with Gasteiger partial charge in [-0.3, -0.25) is 14.5 Å². The first-order valence-corrected chi connectivity index (χ1v) is 8.93. The van der Waals surface area contributed by atoms with Crippen molar-refractivity contribution >= 4 is 27.7 Å². The smallest absolute Gasteiger partial charge is 0.251 e. The maximum atomic E-state index is 12.2. The molecule has 0 aliphatic carbocycles. The Labute approximate surface area is 146 Å². The fourth-order valence-electron chi connectivity index (χ4n) is 2.68. The van der Waals surface area contributed by atoms with E-state index < -0.39 is 0 Å². The average molecular weight is 382 g/mol. The van der Waals surface area contributed by atoms with Crippen molar-refractivity contribution in [1.82, 2.24) is 15.1 Å². The number of rotatable bonds is 6. The molecule has 1 aliphatic heterocycles. The Kier molecular flexibility index (Phi) is 7.05. The summed E-state index contributed by atoms with van der Waals surface area (Å²) in [4.78, 5) is 28.4. The Balaban J connectivity index is 1.69. The van der Waals surface area contributed by atoms with E-state index in [0.717, 1.165) is 43.6 Å². The van der Waals surface area contributed by atoms with Crippen LogP contribution in [0.25, 0.3) is 0 Å². The van der Waals surface area contributed by atoms with Crippen LogP contribution in [0, 0.1) is 0 Å². The van der Waals surface area contributed by atoms with Gasteiger partial charge >= 0.3 is 0 Å². The van der Waals surface area contributed by atoms with Crippen molar-refractivity contribution < 1.29 is 9.59 Å². The third-order valence-corrected chi connectivity index (χ3v) is 4.52. The van der Waals surface area contributed by atoms with Crippen LogP contribution in [0.15, 0.2) is 28.7 Å². The largest absolute Gasteiger partial charge is 0.352 e. The van der Waals surface area contributed by atoms with E-state index in [1.54, 1.807) is 12.1 Å². The molecule has 23 heavy (non-hydrogen) atoms. The Hall–Kier alpha value is -1.40. The quantitative estimate of drug-likeness (QED) is 0.820. The van der Waals surface area contributed by atoms with Crippen LogP contribution >= 0.6 is 15.9 Å². The molecular formula is C17H24BrN3O2. The number of nitrogens with one attached hydrogen (secondary N) is 1. The number of amides is 2. The molecule has 0 saturated carbocycles. The summed E-state index contributed by atoms with van der Waals surface area (Å²) in [6, 6.07) is 7.17. The van der Waals surface area contributed by atoms with E-state index in [4.69, 9.17) is 0 Å². The first kappa shape index (κ1) is 17.9. The summed E-state index contributed by atoms with van der Waals surface area (Å²) in [6.07, 6.45) is 1.51. The van der Waals surface area contributed by atoms with Crippen molar-refractivity contribution in [2.75, 3.05) is 39.3 Å². The highest BCUT2D eigenvalue weighted by Crippen LogP contribution is 2.10. The molecule has 1 aromatic rings. The summed E-state index contributed by atoms with van der Waals surface area (Å²) in [5.74, 6) is -0.0182. The summed E-state index contributed by atoms with van der Waals surface area (Å²) in [6.45, 7) is 7.13. The molecule has 6 heteroatoms. The summed E-state index contributed by atoms with van der Waals surface area (Å²) in [5.41, 5.74) is 0.605. The highest BCUT2D eigenvalue weighted by Gasteiger charge is 2.20. The van der Waals surface area contributed by atoms with Crippen LogP contribution in [0.4, 0.5) is 0 Å². The highest BCUT2D eigenvalue weighted by atomic mass is 79.9. The van der Waals surface area contributed by atoms with Crippen molar-refractivity contribution in [2.45, 2.75) is 19.8 Å². The van der Waals surface area contributed by atoms with Gasteiger partial charge in [0, 0.05) is 49.2 Å². The number of halogens is 1. The molecule has 2 amide bonds. The molecule has 1 saturated heterocycles. The predicted octanol–water partition coefficient (Wildman–Crippen LogP) is 2.12. The van der Waals surface area contributed by atoms with Gasteiger partial charge in [-0.15, -0.1) is 0 Å². The standard InChI is InChI=1S/C17H24BrN3O2/c1-2-9-20-10-12-21(13-11-20)16(22)7-8-19-17(23)14-3-5-15(18)6-4-14/h3-6H,2,7-13H2,1H3,(H,19,23). The van der Waals surface area contributed by atoms with E-state index in [0.29, 0.717) is 18.5 Å².